The van der Waals surface area contributed by atoms with E-state index in [9.17, 15) is 0 Å². The molecule has 0 radical (unpaired) electrons. The maximum absolute atomic E-state index is 5.64. The number of likely N-dealkylation sites (tertiary alicyclic amines) is 1. The van der Waals surface area contributed by atoms with Gasteiger partial charge in [0.1, 0.15) is 0 Å². The van der Waals surface area contributed by atoms with E-state index in [1.165, 1.54) is 32.5 Å². The Hall–Kier alpha value is -0.120. The van der Waals surface area contributed by atoms with Crippen molar-refractivity contribution < 1.29 is 4.74 Å². The minimum absolute atomic E-state index is 0.515. The van der Waals surface area contributed by atoms with E-state index in [-0.39, 0.29) is 0 Å². The van der Waals surface area contributed by atoms with Crippen LogP contribution in [-0.4, -0.2) is 49.8 Å². The third kappa shape index (κ3) is 4.96. The average Bonchev–Trinajstić information content (AvgIpc) is 2.22. The van der Waals surface area contributed by atoms with Crippen molar-refractivity contribution in [3.8, 4) is 0 Å². The zero-order chi connectivity index (χ0) is 11.1. The van der Waals surface area contributed by atoms with Crippen LogP contribution in [0.2, 0.25) is 0 Å². The average molecular weight is 214 g/mol. The molecule has 15 heavy (non-hydrogen) atoms. The van der Waals surface area contributed by atoms with Crippen LogP contribution in [0.25, 0.3) is 0 Å². The van der Waals surface area contributed by atoms with Crippen molar-refractivity contribution in [3.63, 3.8) is 0 Å². The molecule has 1 unspecified atom stereocenters. The highest BCUT2D eigenvalue weighted by Gasteiger charge is 2.19. The zero-order valence-electron chi connectivity index (χ0n) is 10.5. The molecule has 0 aromatic carbocycles. The molecule has 3 nitrogen and oxygen atoms in total. The third-order valence-electron chi connectivity index (χ3n) is 3.02. The van der Waals surface area contributed by atoms with E-state index in [2.05, 4.69) is 31.0 Å². The fourth-order valence-corrected chi connectivity index (χ4v) is 2.29. The highest BCUT2D eigenvalue weighted by atomic mass is 16.5. The molecule has 0 saturated carbocycles. The summed E-state index contributed by atoms with van der Waals surface area (Å²) in [5.41, 5.74) is 0. The molecule has 0 aromatic rings. The van der Waals surface area contributed by atoms with Crippen LogP contribution in [-0.2, 0) is 4.74 Å². The first kappa shape index (κ1) is 12.9. The summed E-state index contributed by atoms with van der Waals surface area (Å²) in [4.78, 5) is 2.54. The monoisotopic (exact) mass is 214 g/mol. The van der Waals surface area contributed by atoms with E-state index in [4.69, 9.17) is 4.74 Å². The minimum Gasteiger partial charge on any atom is -0.378 e. The number of hydrogen-bond acceptors (Lipinski definition) is 3. The van der Waals surface area contributed by atoms with Crippen molar-refractivity contribution in [2.24, 2.45) is 0 Å². The van der Waals surface area contributed by atoms with Gasteiger partial charge in [-0.3, -0.25) is 0 Å². The molecule has 1 atom stereocenters. The lowest BCUT2D eigenvalue weighted by Crippen LogP contribution is -2.44. The molecule has 1 rings (SSSR count). The van der Waals surface area contributed by atoms with Crippen LogP contribution in [0.5, 0.6) is 0 Å². The van der Waals surface area contributed by atoms with Crippen LogP contribution < -0.4 is 5.32 Å². The van der Waals surface area contributed by atoms with Crippen LogP contribution in [0.4, 0.5) is 0 Å². The number of ether oxygens (including phenoxy) is 1. The molecule has 1 fully saturated rings. The molecule has 1 heterocycles. The van der Waals surface area contributed by atoms with E-state index in [1.54, 1.807) is 0 Å². The van der Waals surface area contributed by atoms with E-state index in [0.29, 0.717) is 12.1 Å². The summed E-state index contributed by atoms with van der Waals surface area (Å²) in [5.74, 6) is 0. The highest BCUT2D eigenvalue weighted by molar-refractivity contribution is 4.75. The SMILES string of the molecule is CCNC(C)CN1CCC(OCC)CC1. The van der Waals surface area contributed by atoms with Gasteiger partial charge in [0.2, 0.25) is 0 Å². The highest BCUT2D eigenvalue weighted by Crippen LogP contribution is 2.13. The molecule has 1 aliphatic heterocycles. The standard InChI is InChI=1S/C12H26N2O/c1-4-13-11(3)10-14-8-6-12(7-9-14)15-5-2/h11-13H,4-10H2,1-3H3. The second-order valence-corrected chi connectivity index (χ2v) is 4.41. The second kappa shape index (κ2) is 7.20. The first-order chi connectivity index (χ1) is 7.26. The summed E-state index contributed by atoms with van der Waals surface area (Å²) in [7, 11) is 0. The van der Waals surface area contributed by atoms with Crippen LogP contribution >= 0.6 is 0 Å². The van der Waals surface area contributed by atoms with Gasteiger partial charge in [0.05, 0.1) is 6.10 Å². The number of piperidine rings is 1. The van der Waals surface area contributed by atoms with Crippen molar-refractivity contribution in [1.82, 2.24) is 10.2 Å². The Bertz CT molecular complexity index is 156. The van der Waals surface area contributed by atoms with Crippen molar-refractivity contribution in [1.29, 1.82) is 0 Å². The number of likely N-dealkylation sites (N-methyl/N-ethyl adjacent to an activating group) is 1. The molecule has 0 aliphatic carbocycles. The van der Waals surface area contributed by atoms with E-state index in [1.807, 2.05) is 0 Å². The van der Waals surface area contributed by atoms with Gasteiger partial charge in [0.25, 0.3) is 0 Å². The number of hydrogen-bond donors (Lipinski definition) is 1. The molecule has 1 saturated heterocycles. The molecule has 1 N–H and O–H groups in total. The fourth-order valence-electron chi connectivity index (χ4n) is 2.29. The quantitative estimate of drug-likeness (QED) is 0.725. The summed E-state index contributed by atoms with van der Waals surface area (Å²) in [6.07, 6.45) is 2.92. The smallest absolute Gasteiger partial charge is 0.0599 e. The summed E-state index contributed by atoms with van der Waals surface area (Å²) in [6.45, 7) is 12.0. The van der Waals surface area contributed by atoms with Gasteiger partial charge in [-0.15, -0.1) is 0 Å². The summed E-state index contributed by atoms with van der Waals surface area (Å²) in [5, 5.41) is 3.46. The maximum Gasteiger partial charge on any atom is 0.0599 e. The third-order valence-corrected chi connectivity index (χ3v) is 3.02. The van der Waals surface area contributed by atoms with Gasteiger partial charge >= 0.3 is 0 Å². The van der Waals surface area contributed by atoms with Crippen LogP contribution in [0.15, 0.2) is 0 Å². The van der Waals surface area contributed by atoms with Crippen molar-refractivity contribution in [2.45, 2.75) is 45.8 Å². The first-order valence-electron chi connectivity index (χ1n) is 6.33. The summed E-state index contributed by atoms with van der Waals surface area (Å²) in [6, 6.07) is 0.610. The molecule has 0 aromatic heterocycles. The Morgan fingerprint density at radius 1 is 1.33 bits per heavy atom. The Kier molecular flexibility index (Phi) is 6.22. The molecule has 90 valence electrons. The lowest BCUT2D eigenvalue weighted by molar-refractivity contribution is 0.0128. The second-order valence-electron chi connectivity index (χ2n) is 4.41. The Morgan fingerprint density at radius 3 is 2.53 bits per heavy atom. The molecule has 1 aliphatic rings. The van der Waals surface area contributed by atoms with Crippen molar-refractivity contribution in [3.05, 3.63) is 0 Å². The Balaban J connectivity index is 2.14. The topological polar surface area (TPSA) is 24.5 Å². The van der Waals surface area contributed by atoms with Gasteiger partial charge < -0.3 is 15.0 Å². The van der Waals surface area contributed by atoms with Gasteiger partial charge in [-0.05, 0) is 33.2 Å². The predicted octanol–water partition coefficient (Wildman–Crippen LogP) is 1.49. The van der Waals surface area contributed by atoms with Gasteiger partial charge in [-0.1, -0.05) is 6.92 Å². The van der Waals surface area contributed by atoms with Crippen LogP contribution in [0.1, 0.15) is 33.6 Å². The van der Waals surface area contributed by atoms with Crippen LogP contribution in [0.3, 0.4) is 0 Å². The maximum atomic E-state index is 5.64. The Labute approximate surface area is 94.2 Å². The lowest BCUT2D eigenvalue weighted by Gasteiger charge is -2.33. The Morgan fingerprint density at radius 2 is 2.00 bits per heavy atom. The van der Waals surface area contributed by atoms with Crippen LogP contribution in [0, 0.1) is 0 Å². The molecular formula is C12H26N2O. The molecular weight excluding hydrogens is 188 g/mol. The summed E-state index contributed by atoms with van der Waals surface area (Å²) < 4.78 is 5.64. The van der Waals surface area contributed by atoms with E-state index < -0.39 is 0 Å². The molecule has 0 bridgehead atoms. The predicted molar refractivity (Wildman–Crippen MR) is 64.2 cm³/mol. The molecule has 0 spiro atoms. The van der Waals surface area contributed by atoms with Gasteiger partial charge in [0.15, 0.2) is 0 Å². The lowest BCUT2D eigenvalue weighted by atomic mass is 10.1. The van der Waals surface area contributed by atoms with Gasteiger partial charge in [-0.2, -0.15) is 0 Å². The first-order valence-corrected chi connectivity index (χ1v) is 6.33. The molecule has 0 amide bonds. The number of nitrogens with zero attached hydrogens (tertiary/aromatic N) is 1. The number of rotatable bonds is 6. The summed E-state index contributed by atoms with van der Waals surface area (Å²) >= 11 is 0. The zero-order valence-corrected chi connectivity index (χ0v) is 10.5. The fraction of sp³-hybridized carbons (Fsp3) is 1.00. The van der Waals surface area contributed by atoms with Gasteiger partial charge in [0, 0.05) is 32.3 Å². The molecule has 3 heteroatoms. The minimum atomic E-state index is 0.515. The van der Waals surface area contributed by atoms with Crippen molar-refractivity contribution in [2.75, 3.05) is 32.8 Å². The normalized spacial score (nSPS) is 21.8. The van der Waals surface area contributed by atoms with E-state index >= 15 is 0 Å². The van der Waals surface area contributed by atoms with Crippen molar-refractivity contribution >= 4 is 0 Å². The largest absolute Gasteiger partial charge is 0.378 e. The van der Waals surface area contributed by atoms with E-state index in [0.717, 1.165) is 13.2 Å². The number of nitrogens with one attached hydrogen (secondary N) is 1. The van der Waals surface area contributed by atoms with Gasteiger partial charge in [-0.25, -0.2) is 0 Å².